The Balaban J connectivity index is 1.47. The van der Waals surface area contributed by atoms with Crippen LogP contribution in [0.1, 0.15) is 27.8 Å². The third-order valence-corrected chi connectivity index (χ3v) is 5.49. The third kappa shape index (κ3) is 5.18. The molecule has 0 amide bonds. The molecule has 168 valence electrons. The van der Waals surface area contributed by atoms with Gasteiger partial charge in [0.05, 0.1) is 13.7 Å². The third-order valence-electron chi connectivity index (χ3n) is 5.49. The monoisotopic (exact) mass is 442 g/mol. The molecule has 0 unspecified atom stereocenters. The van der Waals surface area contributed by atoms with E-state index in [2.05, 4.69) is 16.4 Å². The zero-order chi connectivity index (χ0) is 23.2. The molecule has 0 saturated carbocycles. The van der Waals surface area contributed by atoms with Gasteiger partial charge in [0, 0.05) is 24.5 Å². The van der Waals surface area contributed by atoms with Crippen molar-refractivity contribution < 1.29 is 20.1 Å². The van der Waals surface area contributed by atoms with Crippen LogP contribution >= 0.6 is 0 Å². The Morgan fingerprint density at radius 3 is 2.73 bits per heavy atom. The summed E-state index contributed by atoms with van der Waals surface area (Å²) in [6.45, 7) is 1.09. The first-order valence-corrected chi connectivity index (χ1v) is 10.6. The second-order valence-corrected chi connectivity index (χ2v) is 7.76. The van der Waals surface area contributed by atoms with Gasteiger partial charge in [-0.1, -0.05) is 42.5 Å². The summed E-state index contributed by atoms with van der Waals surface area (Å²) in [5.41, 5.74) is 5.95. The molecule has 4 rings (SSSR count). The Morgan fingerprint density at radius 2 is 1.91 bits per heavy atom. The maximum absolute atomic E-state index is 10.3. The summed E-state index contributed by atoms with van der Waals surface area (Å²) in [7, 11) is 1.54. The van der Waals surface area contributed by atoms with Crippen LogP contribution in [0.15, 0.2) is 71.9 Å². The van der Waals surface area contributed by atoms with Crippen molar-refractivity contribution >= 4 is 17.9 Å². The average molecular weight is 443 g/mol. The molecule has 6 nitrogen and oxygen atoms in total. The van der Waals surface area contributed by atoms with Gasteiger partial charge in [-0.15, -0.1) is 0 Å². The summed E-state index contributed by atoms with van der Waals surface area (Å²) in [6, 6.07) is 16.5. The molecule has 1 aliphatic heterocycles. The average Bonchev–Trinajstić information content (AvgIpc) is 2.82. The van der Waals surface area contributed by atoms with Gasteiger partial charge in [0.25, 0.3) is 0 Å². The Labute approximate surface area is 192 Å². The molecule has 0 aliphatic carbocycles. The summed E-state index contributed by atoms with van der Waals surface area (Å²) in [5.74, 6) is 0.381. The Bertz CT molecular complexity index is 1240. The minimum atomic E-state index is -0.131. The van der Waals surface area contributed by atoms with E-state index in [4.69, 9.17) is 4.74 Å². The van der Waals surface area contributed by atoms with E-state index < -0.39 is 0 Å². The van der Waals surface area contributed by atoms with Crippen molar-refractivity contribution in [1.82, 2.24) is 5.32 Å². The topological polar surface area (TPSA) is 94.3 Å². The Hall–Kier alpha value is -4.19. The van der Waals surface area contributed by atoms with Crippen LogP contribution in [0.25, 0.3) is 11.6 Å². The lowest BCUT2D eigenvalue weighted by atomic mass is 9.96. The van der Waals surface area contributed by atoms with Gasteiger partial charge in [-0.2, -0.15) is 0 Å². The molecule has 3 aromatic carbocycles. The van der Waals surface area contributed by atoms with E-state index in [0.29, 0.717) is 25.3 Å². The standard InChI is InChI=1S/C27H26N2O4/c1-33-26-7-3-6-20(27(26)32)5-2-4-18-8-10-21-15-29-17-22(23(21)12-18)16-28-14-19-9-11-24(30)25(31)13-19/h2-4,6-13,15-16,28,30-32H,5,14,17H2,1H3. The van der Waals surface area contributed by atoms with Crippen LogP contribution in [0, 0.1) is 0 Å². The van der Waals surface area contributed by atoms with Gasteiger partial charge in [0.15, 0.2) is 23.0 Å². The minimum Gasteiger partial charge on any atom is -0.504 e. The first-order chi connectivity index (χ1) is 16.0. The lowest BCUT2D eigenvalue weighted by Gasteiger charge is -2.15. The van der Waals surface area contributed by atoms with Crippen LogP contribution in [-0.4, -0.2) is 35.2 Å². The molecule has 0 bridgehead atoms. The van der Waals surface area contributed by atoms with Crippen LogP contribution in [0.4, 0.5) is 0 Å². The molecule has 0 atom stereocenters. The van der Waals surface area contributed by atoms with Crippen molar-refractivity contribution in [3.8, 4) is 23.0 Å². The maximum Gasteiger partial charge on any atom is 0.161 e. The fraction of sp³-hybridized carbons (Fsp3) is 0.148. The molecule has 6 heteroatoms. The normalized spacial score (nSPS) is 13.9. The number of phenolic OH excluding ortho intramolecular Hbond substituents is 3. The molecule has 4 N–H and O–H groups in total. The number of benzene rings is 3. The predicted molar refractivity (Wildman–Crippen MR) is 131 cm³/mol. The van der Waals surface area contributed by atoms with Crippen molar-refractivity contribution in [2.24, 2.45) is 4.99 Å². The molecular weight excluding hydrogens is 416 g/mol. The Morgan fingerprint density at radius 1 is 1.03 bits per heavy atom. The first-order valence-electron chi connectivity index (χ1n) is 10.6. The molecule has 0 saturated heterocycles. The van der Waals surface area contributed by atoms with Crippen LogP contribution in [0.3, 0.4) is 0 Å². The SMILES string of the molecule is COc1cccc(CC=Cc2ccc3c(c2)C(=CNCc2ccc(O)c(O)c2)CN=C3)c1O. The van der Waals surface area contributed by atoms with Gasteiger partial charge in [0.2, 0.25) is 0 Å². The zero-order valence-corrected chi connectivity index (χ0v) is 18.3. The molecular formula is C27H26N2O4. The molecule has 1 aliphatic rings. The maximum atomic E-state index is 10.3. The number of aromatic hydroxyl groups is 3. The van der Waals surface area contributed by atoms with Crippen LogP contribution < -0.4 is 10.1 Å². The van der Waals surface area contributed by atoms with Gasteiger partial charge < -0.3 is 25.4 Å². The van der Waals surface area contributed by atoms with Gasteiger partial charge in [-0.25, -0.2) is 0 Å². The first kappa shape index (κ1) is 22.0. The van der Waals surface area contributed by atoms with Crippen molar-refractivity contribution in [2.45, 2.75) is 13.0 Å². The lowest BCUT2D eigenvalue weighted by Crippen LogP contribution is -2.09. The van der Waals surface area contributed by atoms with Crippen LogP contribution in [0.5, 0.6) is 23.0 Å². The van der Waals surface area contributed by atoms with E-state index in [9.17, 15) is 15.3 Å². The van der Waals surface area contributed by atoms with Crippen LogP contribution in [0.2, 0.25) is 0 Å². The molecule has 0 radical (unpaired) electrons. The zero-order valence-electron chi connectivity index (χ0n) is 18.3. The summed E-state index contributed by atoms with van der Waals surface area (Å²) in [5, 5.41) is 32.6. The number of aliphatic imine (C=N–C) groups is 1. The molecule has 0 aromatic heterocycles. The minimum absolute atomic E-state index is 0.130. The summed E-state index contributed by atoms with van der Waals surface area (Å²) in [6.07, 6.45) is 8.47. The molecule has 33 heavy (non-hydrogen) atoms. The van der Waals surface area contributed by atoms with Gasteiger partial charge in [-0.05, 0) is 58.5 Å². The highest BCUT2D eigenvalue weighted by atomic mass is 16.5. The number of fused-ring (bicyclic) bond motifs is 1. The number of nitrogens with zero attached hydrogens (tertiary/aromatic N) is 1. The molecule has 1 heterocycles. The molecule has 3 aromatic rings. The number of ether oxygens (including phenoxy) is 1. The quantitative estimate of drug-likeness (QED) is 0.400. The van der Waals surface area contributed by atoms with E-state index in [-0.39, 0.29) is 17.2 Å². The van der Waals surface area contributed by atoms with Gasteiger partial charge in [-0.3, -0.25) is 4.99 Å². The van der Waals surface area contributed by atoms with Gasteiger partial charge >= 0.3 is 0 Å². The van der Waals surface area contributed by atoms with E-state index >= 15 is 0 Å². The second kappa shape index (κ2) is 9.96. The Kier molecular flexibility index (Phi) is 6.64. The summed E-state index contributed by atoms with van der Waals surface area (Å²) in [4.78, 5) is 4.44. The molecule has 0 fully saturated rings. The number of hydrogen-bond acceptors (Lipinski definition) is 6. The van der Waals surface area contributed by atoms with Gasteiger partial charge in [0.1, 0.15) is 0 Å². The van der Waals surface area contributed by atoms with E-state index in [1.807, 2.05) is 48.8 Å². The molecule has 0 spiro atoms. The highest BCUT2D eigenvalue weighted by Crippen LogP contribution is 2.30. The number of methoxy groups -OCH3 is 1. The predicted octanol–water partition coefficient (Wildman–Crippen LogP) is 4.63. The van der Waals surface area contributed by atoms with Crippen molar-refractivity contribution in [3.63, 3.8) is 0 Å². The number of nitrogens with one attached hydrogen (secondary N) is 1. The van der Waals surface area contributed by atoms with E-state index in [1.165, 1.54) is 12.1 Å². The summed E-state index contributed by atoms with van der Waals surface area (Å²) >= 11 is 0. The van der Waals surface area contributed by atoms with Crippen molar-refractivity contribution in [1.29, 1.82) is 0 Å². The van der Waals surface area contributed by atoms with Crippen molar-refractivity contribution in [3.05, 3.63) is 94.7 Å². The fourth-order valence-corrected chi connectivity index (χ4v) is 3.71. The smallest absolute Gasteiger partial charge is 0.161 e. The van der Waals surface area contributed by atoms with Crippen molar-refractivity contribution in [2.75, 3.05) is 13.7 Å². The summed E-state index contributed by atoms with van der Waals surface area (Å²) < 4.78 is 5.17. The largest absolute Gasteiger partial charge is 0.504 e. The number of allylic oxidation sites excluding steroid dienone is 1. The highest BCUT2D eigenvalue weighted by molar-refractivity contribution is 5.92. The van der Waals surface area contributed by atoms with Crippen LogP contribution in [-0.2, 0) is 13.0 Å². The lowest BCUT2D eigenvalue weighted by molar-refractivity contribution is 0.371. The fourth-order valence-electron chi connectivity index (χ4n) is 3.71. The highest BCUT2D eigenvalue weighted by Gasteiger charge is 2.11. The number of phenols is 3. The number of para-hydroxylation sites is 1. The van der Waals surface area contributed by atoms with E-state index in [0.717, 1.165) is 33.4 Å². The van der Waals surface area contributed by atoms with E-state index in [1.54, 1.807) is 19.2 Å². The number of hydrogen-bond donors (Lipinski definition) is 4. The second-order valence-electron chi connectivity index (χ2n) is 7.76. The number of rotatable bonds is 7.